The van der Waals surface area contributed by atoms with Gasteiger partial charge >= 0.3 is 7.82 Å². The molecule has 2 aromatic heterocycles. The van der Waals surface area contributed by atoms with Crippen molar-refractivity contribution in [3.63, 3.8) is 0 Å². The molecule has 1 fully saturated rings. The first-order valence-corrected chi connectivity index (χ1v) is 10.8. The number of fused-ring (bicyclic) bond motifs is 1. The molecule has 1 aliphatic rings. The second-order valence-electron chi connectivity index (χ2n) is 6.83. The number of H-pyrrole nitrogens is 1. The van der Waals surface area contributed by atoms with E-state index in [-0.39, 0.29) is 23.5 Å². The van der Waals surface area contributed by atoms with Gasteiger partial charge in [-0.15, -0.1) is 0 Å². The van der Waals surface area contributed by atoms with Gasteiger partial charge in [0.1, 0.15) is 30.7 Å². The highest BCUT2D eigenvalue weighted by atomic mass is 31.2. The number of carbonyl (C=O) groups excluding carboxylic acids is 1. The van der Waals surface area contributed by atoms with Gasteiger partial charge < -0.3 is 50.6 Å². The van der Waals surface area contributed by atoms with Crippen LogP contribution in [0.4, 0.5) is 5.95 Å². The van der Waals surface area contributed by atoms with Crippen molar-refractivity contribution in [3.8, 4) is 0 Å². The summed E-state index contributed by atoms with van der Waals surface area (Å²) in [7, 11) is -4.76. The second-order valence-corrected chi connectivity index (χ2v) is 8.07. The Balaban J connectivity index is 0.000000365. The van der Waals surface area contributed by atoms with Crippen LogP contribution in [0.1, 0.15) is 12.6 Å². The van der Waals surface area contributed by atoms with Crippen LogP contribution < -0.4 is 11.3 Å². The Kier molecular flexibility index (Phi) is 9.15. The van der Waals surface area contributed by atoms with Gasteiger partial charge in [0, 0.05) is 6.42 Å². The molecular formula is C15H24N5O12P. The molecule has 3 heterocycles. The Morgan fingerprint density at radius 3 is 2.55 bits per heavy atom. The van der Waals surface area contributed by atoms with Crippen molar-refractivity contribution >= 4 is 31.2 Å². The van der Waals surface area contributed by atoms with Crippen LogP contribution >= 0.6 is 7.82 Å². The van der Waals surface area contributed by atoms with Crippen molar-refractivity contribution < 1.29 is 53.9 Å². The Morgan fingerprint density at radius 1 is 1.30 bits per heavy atom. The van der Waals surface area contributed by atoms with E-state index < -0.39 is 63.3 Å². The summed E-state index contributed by atoms with van der Waals surface area (Å²) >= 11 is 0. The molecule has 3 rings (SSSR count). The van der Waals surface area contributed by atoms with Gasteiger partial charge in [0.05, 0.1) is 25.6 Å². The van der Waals surface area contributed by atoms with Gasteiger partial charge in [0.25, 0.3) is 5.56 Å². The zero-order chi connectivity index (χ0) is 24.9. The molecule has 6 atom stereocenters. The molecule has 0 aromatic carbocycles. The summed E-state index contributed by atoms with van der Waals surface area (Å²) in [6.07, 6.45) is -6.20. The number of nitrogens with zero attached hydrogens (tertiary/aromatic N) is 3. The van der Waals surface area contributed by atoms with Crippen LogP contribution in [0.2, 0.25) is 0 Å². The molecule has 186 valence electrons. The average Bonchev–Trinajstić information content (AvgIpc) is 3.27. The number of carbonyl (C=O) groups is 1. The largest absolute Gasteiger partial charge is 0.469 e. The van der Waals surface area contributed by atoms with Crippen molar-refractivity contribution in [1.29, 1.82) is 0 Å². The number of anilines is 1. The average molecular weight is 497 g/mol. The van der Waals surface area contributed by atoms with Gasteiger partial charge in [-0.3, -0.25) is 18.9 Å². The molecule has 0 bridgehead atoms. The van der Waals surface area contributed by atoms with E-state index in [1.807, 2.05) is 0 Å². The van der Waals surface area contributed by atoms with Crippen LogP contribution in [-0.4, -0.2) is 105 Å². The van der Waals surface area contributed by atoms with Crippen LogP contribution in [0.25, 0.3) is 11.2 Å². The highest BCUT2D eigenvalue weighted by Gasteiger charge is 2.45. The van der Waals surface area contributed by atoms with E-state index in [1.165, 1.54) is 10.9 Å². The minimum Gasteiger partial charge on any atom is -0.394 e. The van der Waals surface area contributed by atoms with Gasteiger partial charge in [0.15, 0.2) is 17.4 Å². The zero-order valence-corrected chi connectivity index (χ0v) is 17.7. The van der Waals surface area contributed by atoms with Crippen LogP contribution in [0.3, 0.4) is 0 Å². The van der Waals surface area contributed by atoms with Crippen molar-refractivity contribution in [3.05, 3.63) is 16.7 Å². The van der Waals surface area contributed by atoms with Crippen molar-refractivity contribution in [2.24, 2.45) is 0 Å². The summed E-state index contributed by atoms with van der Waals surface area (Å²) in [5, 5.41) is 45.5. The van der Waals surface area contributed by atoms with Crippen LogP contribution in [0, 0.1) is 0 Å². The van der Waals surface area contributed by atoms with E-state index in [4.69, 9.17) is 35.6 Å². The molecule has 0 saturated carbocycles. The first-order chi connectivity index (χ1) is 15.4. The number of nitrogen functional groups attached to an aromatic ring is 1. The van der Waals surface area contributed by atoms with Gasteiger partial charge in [-0.05, 0) is 0 Å². The Hall–Kier alpha value is -2.31. The third-order valence-electron chi connectivity index (χ3n) is 4.44. The first kappa shape index (κ1) is 26.9. The molecule has 17 nitrogen and oxygen atoms in total. The number of nitrogens with two attached hydrogens (primary N) is 1. The van der Waals surface area contributed by atoms with Crippen molar-refractivity contribution in [2.45, 2.75) is 43.2 Å². The van der Waals surface area contributed by atoms with Crippen molar-refractivity contribution in [1.82, 2.24) is 19.5 Å². The molecule has 33 heavy (non-hydrogen) atoms. The van der Waals surface area contributed by atoms with Crippen molar-refractivity contribution in [2.75, 3.05) is 18.9 Å². The van der Waals surface area contributed by atoms with Gasteiger partial charge in [-0.25, -0.2) is 9.55 Å². The van der Waals surface area contributed by atoms with Gasteiger partial charge in [-0.2, -0.15) is 4.98 Å². The molecule has 0 radical (unpaired) electrons. The topological polar surface area (TPSA) is 284 Å². The number of aliphatic hydroxyl groups excluding tert-OH is 5. The second kappa shape index (κ2) is 11.2. The fraction of sp³-hybridized carbons (Fsp3) is 0.600. The smallest absolute Gasteiger partial charge is 0.394 e. The first-order valence-electron chi connectivity index (χ1n) is 9.24. The summed E-state index contributed by atoms with van der Waals surface area (Å²) < 4.78 is 21.6. The van der Waals surface area contributed by atoms with E-state index in [1.54, 1.807) is 0 Å². The van der Waals surface area contributed by atoms with Gasteiger partial charge in [-0.1, -0.05) is 0 Å². The number of phosphoric acid groups is 1. The minimum atomic E-state index is -4.76. The highest BCUT2D eigenvalue weighted by molar-refractivity contribution is 7.46. The van der Waals surface area contributed by atoms with E-state index in [2.05, 4.69) is 19.5 Å². The normalized spacial score (nSPS) is 24.8. The quantitative estimate of drug-likeness (QED) is 0.123. The third-order valence-corrected chi connectivity index (χ3v) is 4.92. The van der Waals surface area contributed by atoms with E-state index in [0.29, 0.717) is 6.29 Å². The molecular weight excluding hydrogens is 473 g/mol. The molecule has 18 heteroatoms. The number of aromatic nitrogens is 4. The maximum atomic E-state index is 11.7. The molecule has 1 aliphatic heterocycles. The summed E-state index contributed by atoms with van der Waals surface area (Å²) in [6, 6.07) is 0. The van der Waals surface area contributed by atoms with E-state index >= 15 is 0 Å². The molecule has 2 unspecified atom stereocenters. The summed E-state index contributed by atoms with van der Waals surface area (Å²) in [5.74, 6) is -0.177. The summed E-state index contributed by atoms with van der Waals surface area (Å²) in [5.41, 5.74) is 4.84. The zero-order valence-electron chi connectivity index (χ0n) is 16.8. The maximum absolute atomic E-state index is 11.7. The number of aliphatic hydroxyl groups is 5. The van der Waals surface area contributed by atoms with Gasteiger partial charge in [0.2, 0.25) is 5.95 Å². The fourth-order valence-corrected chi connectivity index (χ4v) is 3.11. The Morgan fingerprint density at radius 2 is 1.97 bits per heavy atom. The molecule has 1 saturated heterocycles. The lowest BCUT2D eigenvalue weighted by atomic mass is 10.1. The van der Waals surface area contributed by atoms with Crippen LogP contribution in [0.15, 0.2) is 11.1 Å². The number of hydrogen-bond acceptors (Lipinski definition) is 13. The highest BCUT2D eigenvalue weighted by Crippen LogP contribution is 2.38. The predicted octanol–water partition coefficient (Wildman–Crippen LogP) is -4.28. The number of aromatic amines is 1. The number of aldehydes is 1. The molecule has 0 aliphatic carbocycles. The SMILES string of the molecule is Nc1nc2c(ncn2[C@@H]2O[C@H](COP(=O)(O)O)[C@@H](O)[C@H]2O)c(=O)[nH]1.O=CCC(O)C(O)CO. The number of phosphoric ester groups is 1. The summed E-state index contributed by atoms with van der Waals surface area (Å²) in [4.78, 5) is 48.8. The van der Waals surface area contributed by atoms with E-state index in [0.717, 1.165) is 0 Å². The number of rotatable bonds is 8. The molecule has 0 amide bonds. The minimum absolute atomic E-state index is 0.0176. The third kappa shape index (κ3) is 6.84. The molecule has 10 N–H and O–H groups in total. The number of imidazole rings is 1. The Labute approximate surface area is 184 Å². The summed E-state index contributed by atoms with van der Waals surface area (Å²) in [6.45, 7) is -1.17. The van der Waals surface area contributed by atoms with Crippen LogP contribution in [-0.2, 0) is 18.6 Å². The van der Waals surface area contributed by atoms with Crippen LogP contribution in [0.5, 0.6) is 0 Å². The standard InChI is InChI=1S/C10H14N5O8P.C5H10O4/c11-10-13-7-4(8(18)14-10)12-2-15(7)9-6(17)5(16)3(23-9)1-22-24(19,20)21;6-2-1-4(8)5(9)3-7/h2-3,5-6,9,16-17H,1H2,(H2,19,20,21)(H3,11,13,14,18);2,4-5,7-9H,1,3H2/t3-,5-,6-,9-;/m1./s1. The lowest BCUT2D eigenvalue weighted by molar-refractivity contribution is -0.111. The van der Waals surface area contributed by atoms with E-state index in [9.17, 15) is 24.4 Å². The molecule has 0 spiro atoms. The number of nitrogens with one attached hydrogen (secondary N) is 1. The monoisotopic (exact) mass is 497 g/mol. The Bertz CT molecular complexity index is 1040. The maximum Gasteiger partial charge on any atom is 0.469 e. The number of hydrogen-bond donors (Lipinski definition) is 9. The fourth-order valence-electron chi connectivity index (χ4n) is 2.77. The predicted molar refractivity (Wildman–Crippen MR) is 106 cm³/mol. The lowest BCUT2D eigenvalue weighted by Crippen LogP contribution is -2.33. The molecule has 2 aromatic rings. The number of ether oxygens (including phenoxy) is 1. The lowest BCUT2D eigenvalue weighted by Gasteiger charge is -2.16.